The van der Waals surface area contributed by atoms with Gasteiger partial charge in [-0.15, -0.1) is 0 Å². The maximum atomic E-state index is 8.89. The van der Waals surface area contributed by atoms with Gasteiger partial charge in [-0.25, -0.2) is 0 Å². The summed E-state index contributed by atoms with van der Waals surface area (Å²) < 4.78 is 5.27. The largest absolute Gasteiger partial charge is 0.381 e. The molecule has 2 atom stereocenters. The van der Waals surface area contributed by atoms with Gasteiger partial charge in [0.2, 0.25) is 0 Å². The predicted molar refractivity (Wildman–Crippen MR) is 40.8 cm³/mol. The first-order valence-corrected chi connectivity index (χ1v) is 4.39. The minimum atomic E-state index is 0.303. The first-order chi connectivity index (χ1) is 5.42. The normalized spacial score (nSPS) is 33.2. The first kappa shape index (κ1) is 7.12. The monoisotopic (exact) mass is 151 g/mol. The molecule has 2 unspecified atom stereocenters. The molecule has 0 aromatic carbocycles. The molecule has 0 bridgehead atoms. The predicted octanol–water partition coefficient (Wildman–Crippen LogP) is 1.57. The smallest absolute Gasteiger partial charge is 0.0662 e. The number of hydrogen-bond donors (Lipinski definition) is 0. The van der Waals surface area contributed by atoms with Crippen LogP contribution < -0.4 is 0 Å². The van der Waals surface area contributed by atoms with Crippen LogP contribution in [-0.4, -0.2) is 13.2 Å². The summed E-state index contributed by atoms with van der Waals surface area (Å²) in [6.45, 7) is 1.70. The van der Waals surface area contributed by atoms with E-state index in [2.05, 4.69) is 6.07 Å². The summed E-state index contributed by atoms with van der Waals surface area (Å²) in [7, 11) is 0. The number of nitriles is 1. The Morgan fingerprint density at radius 3 is 2.55 bits per heavy atom. The van der Waals surface area contributed by atoms with Crippen LogP contribution in [0.4, 0.5) is 0 Å². The third kappa shape index (κ3) is 1.39. The molecule has 2 nitrogen and oxygen atoms in total. The fourth-order valence-corrected chi connectivity index (χ4v) is 1.89. The van der Waals surface area contributed by atoms with Crippen molar-refractivity contribution >= 4 is 0 Å². The van der Waals surface area contributed by atoms with Gasteiger partial charge in [-0.1, -0.05) is 0 Å². The lowest BCUT2D eigenvalue weighted by atomic mass is 9.89. The Hall–Kier alpha value is -0.550. The van der Waals surface area contributed by atoms with Crippen LogP contribution in [0, 0.1) is 29.1 Å². The van der Waals surface area contributed by atoms with E-state index in [-0.39, 0.29) is 0 Å². The second kappa shape index (κ2) is 2.83. The van der Waals surface area contributed by atoms with Gasteiger partial charge in [-0.2, -0.15) is 5.26 Å². The SMILES string of the molecule is N#CC(C1CC1)C1CCOC1. The fraction of sp³-hybridized carbons (Fsp3) is 0.889. The van der Waals surface area contributed by atoms with Gasteiger partial charge < -0.3 is 4.74 Å². The van der Waals surface area contributed by atoms with Crippen LogP contribution in [0.5, 0.6) is 0 Å². The molecule has 0 aromatic heterocycles. The van der Waals surface area contributed by atoms with Gasteiger partial charge in [0.1, 0.15) is 0 Å². The average Bonchev–Trinajstić information content (AvgIpc) is 2.68. The topological polar surface area (TPSA) is 33.0 Å². The molecule has 2 aliphatic rings. The molecule has 1 saturated heterocycles. The molecule has 1 saturated carbocycles. The minimum absolute atomic E-state index is 0.303. The van der Waals surface area contributed by atoms with Crippen molar-refractivity contribution in [1.29, 1.82) is 5.26 Å². The average molecular weight is 151 g/mol. The third-order valence-electron chi connectivity index (χ3n) is 2.75. The summed E-state index contributed by atoms with van der Waals surface area (Å²) in [4.78, 5) is 0. The maximum Gasteiger partial charge on any atom is 0.0662 e. The standard InChI is InChI=1S/C9H13NO/c10-5-9(7-1-2-7)8-3-4-11-6-8/h7-9H,1-4,6H2. The zero-order valence-corrected chi connectivity index (χ0v) is 6.62. The molecule has 0 amide bonds. The number of ether oxygens (including phenoxy) is 1. The zero-order valence-electron chi connectivity index (χ0n) is 6.62. The van der Waals surface area contributed by atoms with E-state index in [0.717, 1.165) is 19.6 Å². The van der Waals surface area contributed by atoms with Crippen molar-refractivity contribution < 1.29 is 4.74 Å². The van der Waals surface area contributed by atoms with E-state index in [9.17, 15) is 0 Å². The van der Waals surface area contributed by atoms with Crippen molar-refractivity contribution in [2.24, 2.45) is 17.8 Å². The molecule has 60 valence electrons. The van der Waals surface area contributed by atoms with Gasteiger partial charge in [0.05, 0.1) is 18.6 Å². The second-order valence-electron chi connectivity index (χ2n) is 3.62. The van der Waals surface area contributed by atoms with Crippen LogP contribution in [-0.2, 0) is 4.74 Å². The third-order valence-corrected chi connectivity index (χ3v) is 2.75. The van der Waals surface area contributed by atoms with Crippen molar-refractivity contribution in [1.82, 2.24) is 0 Å². The molecule has 2 heteroatoms. The summed E-state index contributed by atoms with van der Waals surface area (Å²) in [5.74, 6) is 1.57. The first-order valence-electron chi connectivity index (χ1n) is 4.39. The van der Waals surface area contributed by atoms with Gasteiger partial charge in [-0.05, 0) is 25.2 Å². The Morgan fingerprint density at radius 2 is 2.09 bits per heavy atom. The van der Waals surface area contributed by atoms with E-state index in [4.69, 9.17) is 10.00 Å². The number of nitrogens with zero attached hydrogens (tertiary/aromatic N) is 1. The van der Waals surface area contributed by atoms with E-state index in [1.54, 1.807) is 0 Å². The minimum Gasteiger partial charge on any atom is -0.381 e. The van der Waals surface area contributed by atoms with E-state index < -0.39 is 0 Å². The summed E-state index contributed by atoms with van der Waals surface area (Å²) in [6, 6.07) is 2.43. The highest BCUT2D eigenvalue weighted by atomic mass is 16.5. The maximum absolute atomic E-state index is 8.89. The Balaban J connectivity index is 1.94. The Bertz CT molecular complexity index is 174. The van der Waals surface area contributed by atoms with Gasteiger partial charge in [0, 0.05) is 12.5 Å². The summed E-state index contributed by atoms with van der Waals surface area (Å²) in [6.07, 6.45) is 3.65. The van der Waals surface area contributed by atoms with E-state index in [1.807, 2.05) is 0 Å². The van der Waals surface area contributed by atoms with Crippen molar-refractivity contribution in [3.05, 3.63) is 0 Å². The van der Waals surface area contributed by atoms with Crippen molar-refractivity contribution in [3.63, 3.8) is 0 Å². The van der Waals surface area contributed by atoms with Crippen LogP contribution >= 0.6 is 0 Å². The summed E-state index contributed by atoms with van der Waals surface area (Å²) in [5.41, 5.74) is 0. The van der Waals surface area contributed by atoms with Crippen LogP contribution in [0.15, 0.2) is 0 Å². The quantitative estimate of drug-likeness (QED) is 0.600. The molecule has 0 aromatic rings. The Kier molecular flexibility index (Phi) is 1.83. The van der Waals surface area contributed by atoms with E-state index in [1.165, 1.54) is 12.8 Å². The Morgan fingerprint density at radius 1 is 1.27 bits per heavy atom. The molecule has 1 aliphatic heterocycles. The molecule has 2 rings (SSSR count). The molecule has 1 aliphatic carbocycles. The molecule has 11 heavy (non-hydrogen) atoms. The molecule has 2 fully saturated rings. The highest BCUT2D eigenvalue weighted by Gasteiger charge is 2.37. The second-order valence-corrected chi connectivity index (χ2v) is 3.62. The molecular weight excluding hydrogens is 138 g/mol. The summed E-state index contributed by atoms with van der Waals surface area (Å²) >= 11 is 0. The van der Waals surface area contributed by atoms with Gasteiger partial charge >= 0.3 is 0 Å². The highest BCUT2D eigenvalue weighted by molar-refractivity contribution is 4.98. The van der Waals surface area contributed by atoms with Gasteiger partial charge in [-0.3, -0.25) is 0 Å². The lowest BCUT2D eigenvalue weighted by Gasteiger charge is -2.12. The van der Waals surface area contributed by atoms with Crippen LogP contribution in [0.2, 0.25) is 0 Å². The van der Waals surface area contributed by atoms with Gasteiger partial charge in [0.15, 0.2) is 0 Å². The van der Waals surface area contributed by atoms with E-state index in [0.29, 0.717) is 17.8 Å². The van der Waals surface area contributed by atoms with Crippen molar-refractivity contribution in [2.75, 3.05) is 13.2 Å². The molecule has 1 heterocycles. The van der Waals surface area contributed by atoms with Crippen molar-refractivity contribution in [3.8, 4) is 6.07 Å². The molecular formula is C9H13NO. The van der Waals surface area contributed by atoms with Crippen LogP contribution in [0.1, 0.15) is 19.3 Å². The lowest BCUT2D eigenvalue weighted by molar-refractivity contribution is 0.176. The fourth-order valence-electron chi connectivity index (χ4n) is 1.89. The molecule has 0 radical (unpaired) electrons. The molecule has 0 N–H and O–H groups in total. The number of rotatable bonds is 2. The van der Waals surface area contributed by atoms with Crippen molar-refractivity contribution in [2.45, 2.75) is 19.3 Å². The van der Waals surface area contributed by atoms with Crippen LogP contribution in [0.3, 0.4) is 0 Å². The van der Waals surface area contributed by atoms with Gasteiger partial charge in [0.25, 0.3) is 0 Å². The van der Waals surface area contributed by atoms with E-state index >= 15 is 0 Å². The zero-order chi connectivity index (χ0) is 7.68. The highest BCUT2D eigenvalue weighted by Crippen LogP contribution is 2.42. The Labute approximate surface area is 67.2 Å². The number of hydrogen-bond acceptors (Lipinski definition) is 2. The van der Waals surface area contributed by atoms with Crippen LogP contribution in [0.25, 0.3) is 0 Å². The lowest BCUT2D eigenvalue weighted by Crippen LogP contribution is -2.14. The summed E-state index contributed by atoms with van der Waals surface area (Å²) in [5, 5.41) is 8.89. The molecule has 0 spiro atoms.